The molecule has 0 saturated carbocycles. The first kappa shape index (κ1) is 20.5. The number of fused-ring (bicyclic) bond motifs is 1. The second-order valence-corrected chi connectivity index (χ2v) is 7.92. The van der Waals surface area contributed by atoms with Gasteiger partial charge in [0.15, 0.2) is 5.96 Å². The average Bonchev–Trinajstić information content (AvgIpc) is 3.38. The van der Waals surface area contributed by atoms with Gasteiger partial charge in [0, 0.05) is 69.5 Å². The van der Waals surface area contributed by atoms with Gasteiger partial charge in [-0.05, 0) is 30.9 Å². The molecule has 3 aromatic rings. The second kappa shape index (κ2) is 9.34. The van der Waals surface area contributed by atoms with Crippen molar-refractivity contribution in [2.75, 3.05) is 39.8 Å². The van der Waals surface area contributed by atoms with Crippen molar-refractivity contribution in [2.45, 2.75) is 33.2 Å². The molecule has 0 atom stereocenters. The summed E-state index contributed by atoms with van der Waals surface area (Å²) in [5.74, 6) is 1.86. The molecular formula is C23H32N6O. The van der Waals surface area contributed by atoms with Crippen LogP contribution >= 0.6 is 0 Å². The zero-order valence-corrected chi connectivity index (χ0v) is 18.2. The summed E-state index contributed by atoms with van der Waals surface area (Å²) < 4.78 is 5.18. The molecule has 30 heavy (non-hydrogen) atoms. The SMILES string of the molecule is CCc1cccc2c(CCNC(=NC)N3CCN(Cc4cc(C)on4)CC3)c[nH]c12. The summed E-state index contributed by atoms with van der Waals surface area (Å²) in [4.78, 5) is 12.7. The molecule has 3 heterocycles. The third-order valence-corrected chi connectivity index (χ3v) is 5.89. The standard InChI is InChI=1S/C23H32N6O/c1-4-18-6-5-7-21-19(15-26-22(18)21)8-9-25-23(24-3)29-12-10-28(11-13-29)16-20-14-17(2)30-27-20/h5-7,14-15,26H,4,8-13,16H2,1-3H3,(H,24,25). The molecule has 0 bridgehead atoms. The van der Waals surface area contributed by atoms with E-state index in [2.05, 4.69) is 61.6 Å². The normalized spacial score (nSPS) is 15.8. The minimum absolute atomic E-state index is 0.845. The van der Waals surface area contributed by atoms with Crippen molar-refractivity contribution in [3.8, 4) is 0 Å². The molecule has 7 heteroatoms. The van der Waals surface area contributed by atoms with Crippen LogP contribution in [0.3, 0.4) is 0 Å². The van der Waals surface area contributed by atoms with E-state index >= 15 is 0 Å². The van der Waals surface area contributed by atoms with Gasteiger partial charge in [-0.25, -0.2) is 0 Å². The first-order chi connectivity index (χ1) is 14.7. The van der Waals surface area contributed by atoms with Crippen LogP contribution in [0.2, 0.25) is 0 Å². The number of H-pyrrole nitrogens is 1. The predicted octanol–water partition coefficient (Wildman–Crippen LogP) is 2.96. The van der Waals surface area contributed by atoms with E-state index in [4.69, 9.17) is 4.52 Å². The van der Waals surface area contributed by atoms with E-state index in [-0.39, 0.29) is 0 Å². The molecule has 1 aliphatic heterocycles. The van der Waals surface area contributed by atoms with Crippen LogP contribution in [-0.2, 0) is 19.4 Å². The molecule has 4 rings (SSSR count). The van der Waals surface area contributed by atoms with Gasteiger partial charge < -0.3 is 19.7 Å². The van der Waals surface area contributed by atoms with Crippen molar-refractivity contribution >= 4 is 16.9 Å². The summed E-state index contributed by atoms with van der Waals surface area (Å²) in [6.07, 6.45) is 4.17. The molecule has 0 unspecified atom stereocenters. The van der Waals surface area contributed by atoms with E-state index in [9.17, 15) is 0 Å². The van der Waals surface area contributed by atoms with E-state index < -0.39 is 0 Å². The van der Waals surface area contributed by atoms with Crippen molar-refractivity contribution in [2.24, 2.45) is 4.99 Å². The number of aromatic amines is 1. The monoisotopic (exact) mass is 408 g/mol. The number of guanidine groups is 1. The number of aromatic nitrogens is 2. The van der Waals surface area contributed by atoms with Gasteiger partial charge in [0.05, 0.1) is 5.69 Å². The van der Waals surface area contributed by atoms with Crippen molar-refractivity contribution in [3.63, 3.8) is 0 Å². The molecule has 0 amide bonds. The van der Waals surface area contributed by atoms with Crippen LogP contribution < -0.4 is 5.32 Å². The minimum Gasteiger partial charge on any atom is -0.361 e. The summed E-state index contributed by atoms with van der Waals surface area (Å²) in [7, 11) is 1.87. The summed E-state index contributed by atoms with van der Waals surface area (Å²) in [6, 6.07) is 8.59. The van der Waals surface area contributed by atoms with E-state index in [1.807, 2.05) is 20.0 Å². The maximum absolute atomic E-state index is 5.18. The zero-order chi connectivity index (χ0) is 20.9. The minimum atomic E-state index is 0.845. The molecule has 0 radical (unpaired) electrons. The van der Waals surface area contributed by atoms with Gasteiger partial charge in [0.1, 0.15) is 5.76 Å². The summed E-state index contributed by atoms with van der Waals surface area (Å²) in [5.41, 5.74) is 5.02. The van der Waals surface area contributed by atoms with Crippen molar-refractivity contribution in [1.29, 1.82) is 0 Å². The van der Waals surface area contributed by atoms with Crippen LogP contribution in [0.25, 0.3) is 10.9 Å². The van der Waals surface area contributed by atoms with Crippen LogP contribution in [0.4, 0.5) is 0 Å². The molecule has 2 N–H and O–H groups in total. The molecule has 0 spiro atoms. The lowest BCUT2D eigenvalue weighted by atomic mass is 10.1. The Bertz CT molecular complexity index is 996. The van der Waals surface area contributed by atoms with Crippen LogP contribution in [0.1, 0.15) is 29.5 Å². The van der Waals surface area contributed by atoms with E-state index in [0.717, 1.165) is 69.5 Å². The maximum Gasteiger partial charge on any atom is 0.193 e. The second-order valence-electron chi connectivity index (χ2n) is 7.92. The number of para-hydroxylation sites is 1. The van der Waals surface area contributed by atoms with Gasteiger partial charge >= 0.3 is 0 Å². The van der Waals surface area contributed by atoms with Gasteiger partial charge in [0.2, 0.25) is 0 Å². The zero-order valence-electron chi connectivity index (χ0n) is 18.2. The van der Waals surface area contributed by atoms with Crippen LogP contribution in [0.5, 0.6) is 0 Å². The lowest BCUT2D eigenvalue weighted by molar-refractivity contribution is 0.169. The number of piperazine rings is 1. The van der Waals surface area contributed by atoms with Crippen LogP contribution in [-0.4, -0.2) is 65.7 Å². The number of benzene rings is 1. The summed E-state index contributed by atoms with van der Waals surface area (Å²) in [6.45, 7) is 9.76. The smallest absolute Gasteiger partial charge is 0.193 e. The number of nitrogens with zero attached hydrogens (tertiary/aromatic N) is 4. The molecule has 7 nitrogen and oxygen atoms in total. The Balaban J connectivity index is 1.27. The Labute approximate surface area is 178 Å². The van der Waals surface area contributed by atoms with E-state index in [1.54, 1.807) is 0 Å². The third kappa shape index (κ3) is 4.51. The lowest BCUT2D eigenvalue weighted by Crippen LogP contribution is -2.52. The van der Waals surface area contributed by atoms with Gasteiger partial charge in [-0.1, -0.05) is 30.3 Å². The third-order valence-electron chi connectivity index (χ3n) is 5.89. The lowest BCUT2D eigenvalue weighted by Gasteiger charge is -2.36. The van der Waals surface area contributed by atoms with E-state index in [1.165, 1.54) is 22.0 Å². The van der Waals surface area contributed by atoms with E-state index in [0.29, 0.717) is 0 Å². The number of rotatable bonds is 6. The Hall–Kier alpha value is -2.80. The average molecular weight is 409 g/mol. The molecule has 1 aromatic carbocycles. The molecule has 1 fully saturated rings. The number of nitrogens with one attached hydrogen (secondary N) is 2. The molecule has 1 aliphatic rings. The molecule has 2 aromatic heterocycles. The molecule has 1 saturated heterocycles. The predicted molar refractivity (Wildman–Crippen MR) is 121 cm³/mol. The molecular weight excluding hydrogens is 376 g/mol. The van der Waals surface area contributed by atoms with Gasteiger partial charge in [-0.3, -0.25) is 9.89 Å². The Kier molecular flexibility index (Phi) is 6.38. The first-order valence-electron chi connectivity index (χ1n) is 10.9. The fourth-order valence-corrected chi connectivity index (χ4v) is 4.26. The first-order valence-corrected chi connectivity index (χ1v) is 10.9. The highest BCUT2D eigenvalue weighted by Gasteiger charge is 2.20. The van der Waals surface area contributed by atoms with Crippen molar-refractivity contribution < 1.29 is 4.52 Å². The van der Waals surface area contributed by atoms with Gasteiger partial charge in [-0.2, -0.15) is 0 Å². The molecule has 160 valence electrons. The van der Waals surface area contributed by atoms with Gasteiger partial charge in [0.25, 0.3) is 0 Å². The number of aryl methyl sites for hydroxylation is 2. The van der Waals surface area contributed by atoms with Gasteiger partial charge in [-0.15, -0.1) is 0 Å². The highest BCUT2D eigenvalue weighted by Crippen LogP contribution is 2.22. The topological polar surface area (TPSA) is 72.7 Å². The summed E-state index contributed by atoms with van der Waals surface area (Å²) in [5, 5.41) is 9.00. The maximum atomic E-state index is 5.18. The highest BCUT2D eigenvalue weighted by molar-refractivity contribution is 5.86. The molecule has 0 aliphatic carbocycles. The quantitative estimate of drug-likeness (QED) is 0.485. The Morgan fingerprint density at radius 1 is 1.23 bits per heavy atom. The van der Waals surface area contributed by atoms with Crippen LogP contribution in [0, 0.1) is 6.92 Å². The highest BCUT2D eigenvalue weighted by atomic mass is 16.5. The fourth-order valence-electron chi connectivity index (χ4n) is 4.26. The number of hydrogen-bond donors (Lipinski definition) is 2. The summed E-state index contributed by atoms with van der Waals surface area (Å²) >= 11 is 0. The fraction of sp³-hybridized carbons (Fsp3) is 0.478. The Morgan fingerprint density at radius 2 is 2.07 bits per heavy atom. The number of aliphatic imine (C=N–C) groups is 1. The van der Waals surface area contributed by atoms with Crippen molar-refractivity contribution in [1.82, 2.24) is 25.3 Å². The van der Waals surface area contributed by atoms with Crippen LogP contribution in [0.15, 0.2) is 40.0 Å². The number of hydrogen-bond acceptors (Lipinski definition) is 4. The van der Waals surface area contributed by atoms with Crippen molar-refractivity contribution in [3.05, 3.63) is 53.0 Å². The largest absolute Gasteiger partial charge is 0.361 e. The Morgan fingerprint density at radius 3 is 2.77 bits per heavy atom.